The molecule has 118 valence electrons. The molecule has 0 aromatic heterocycles. The van der Waals surface area contributed by atoms with Crippen LogP contribution in [0.5, 0.6) is 11.5 Å². The molecule has 0 spiro atoms. The Hall–Kier alpha value is -3.09. The zero-order valence-electron chi connectivity index (χ0n) is 12.3. The molecule has 7 nitrogen and oxygen atoms in total. The number of aromatic hydroxyl groups is 2. The van der Waals surface area contributed by atoms with Crippen LogP contribution in [0.15, 0.2) is 30.3 Å². The van der Waals surface area contributed by atoms with Gasteiger partial charge in [0.25, 0.3) is 11.6 Å². The van der Waals surface area contributed by atoms with Crippen molar-refractivity contribution in [2.45, 2.75) is 20.0 Å². The number of hydrogen-bond acceptors (Lipinski definition) is 5. The molecule has 0 saturated carbocycles. The Morgan fingerprint density at radius 2 is 1.96 bits per heavy atom. The van der Waals surface area contributed by atoms with Crippen LogP contribution < -0.4 is 0 Å². The number of nitro benzene ring substituents is 1. The summed E-state index contributed by atoms with van der Waals surface area (Å²) in [6, 6.07) is 7.28. The van der Waals surface area contributed by atoms with E-state index in [2.05, 4.69) is 0 Å². The van der Waals surface area contributed by atoms with E-state index in [9.17, 15) is 25.1 Å². The quantitative estimate of drug-likeness (QED) is 0.654. The predicted octanol–water partition coefficient (Wildman–Crippen LogP) is 2.47. The van der Waals surface area contributed by atoms with Crippen LogP contribution in [0.4, 0.5) is 5.69 Å². The zero-order valence-corrected chi connectivity index (χ0v) is 12.3. The van der Waals surface area contributed by atoms with E-state index in [0.717, 1.165) is 11.6 Å². The van der Waals surface area contributed by atoms with Crippen molar-refractivity contribution < 1.29 is 19.9 Å². The number of nitro groups is 1. The fraction of sp³-hybridized carbons (Fsp3) is 0.188. The third kappa shape index (κ3) is 2.46. The zero-order chi connectivity index (χ0) is 16.7. The first kappa shape index (κ1) is 14.8. The molecule has 0 radical (unpaired) electrons. The number of hydrogen-bond donors (Lipinski definition) is 2. The smallest absolute Gasteiger partial charge is 0.274 e. The van der Waals surface area contributed by atoms with Gasteiger partial charge in [0.1, 0.15) is 11.5 Å². The minimum absolute atomic E-state index is 0.0103. The normalized spacial score (nSPS) is 13.0. The summed E-state index contributed by atoms with van der Waals surface area (Å²) in [6.45, 7) is 1.98. The van der Waals surface area contributed by atoms with Crippen LogP contribution in [0.25, 0.3) is 0 Å². The lowest BCUT2D eigenvalue weighted by molar-refractivity contribution is -0.385. The van der Waals surface area contributed by atoms with Crippen molar-refractivity contribution in [1.82, 2.24) is 4.90 Å². The summed E-state index contributed by atoms with van der Waals surface area (Å²) in [5.41, 5.74) is 1.76. The minimum Gasteiger partial charge on any atom is -0.508 e. The van der Waals surface area contributed by atoms with Crippen LogP contribution >= 0.6 is 0 Å². The summed E-state index contributed by atoms with van der Waals surface area (Å²) in [6.07, 6.45) is 0. The summed E-state index contributed by atoms with van der Waals surface area (Å²) < 4.78 is 0. The summed E-state index contributed by atoms with van der Waals surface area (Å²) in [5.74, 6) is -0.848. The number of fused-ring (bicyclic) bond motifs is 1. The first-order valence-corrected chi connectivity index (χ1v) is 6.95. The highest BCUT2D eigenvalue weighted by Crippen LogP contribution is 2.34. The Labute approximate surface area is 131 Å². The SMILES string of the molecule is Cc1cc(C(=O)N2Cc3cccc([N+](=O)[O-])c3C2)c(O)cc1O. The van der Waals surface area contributed by atoms with Crippen molar-refractivity contribution in [2.75, 3.05) is 0 Å². The highest BCUT2D eigenvalue weighted by atomic mass is 16.6. The molecule has 7 heteroatoms. The Balaban J connectivity index is 1.94. The van der Waals surface area contributed by atoms with Crippen LogP contribution in [0, 0.1) is 17.0 Å². The molecule has 0 atom stereocenters. The maximum atomic E-state index is 12.6. The highest BCUT2D eigenvalue weighted by Gasteiger charge is 2.31. The van der Waals surface area contributed by atoms with Crippen LogP contribution in [0.3, 0.4) is 0 Å². The summed E-state index contributed by atoms with van der Waals surface area (Å²) >= 11 is 0. The predicted molar refractivity (Wildman–Crippen MR) is 81.2 cm³/mol. The third-order valence-corrected chi connectivity index (χ3v) is 3.99. The number of amides is 1. The molecule has 3 rings (SSSR count). The molecule has 0 unspecified atom stereocenters. The summed E-state index contributed by atoms with van der Waals surface area (Å²) in [7, 11) is 0. The van der Waals surface area contributed by atoms with Crippen LogP contribution in [-0.4, -0.2) is 25.9 Å². The number of carbonyl (C=O) groups excluding carboxylic acids is 1. The van der Waals surface area contributed by atoms with Gasteiger partial charge in [-0.15, -0.1) is 0 Å². The van der Waals surface area contributed by atoms with Gasteiger partial charge >= 0.3 is 0 Å². The van der Waals surface area contributed by atoms with Gasteiger partial charge in [-0.1, -0.05) is 12.1 Å². The Morgan fingerprint density at radius 1 is 1.22 bits per heavy atom. The third-order valence-electron chi connectivity index (χ3n) is 3.99. The monoisotopic (exact) mass is 314 g/mol. The van der Waals surface area contributed by atoms with Gasteiger partial charge in [0.05, 0.1) is 22.6 Å². The van der Waals surface area contributed by atoms with Crippen LogP contribution in [0.2, 0.25) is 0 Å². The van der Waals surface area contributed by atoms with Crippen molar-refractivity contribution >= 4 is 11.6 Å². The molecule has 0 aliphatic carbocycles. The average Bonchev–Trinajstić information content (AvgIpc) is 2.93. The fourth-order valence-electron chi connectivity index (χ4n) is 2.75. The summed E-state index contributed by atoms with van der Waals surface area (Å²) in [5, 5.41) is 30.5. The van der Waals surface area contributed by atoms with Crippen molar-refractivity contribution in [1.29, 1.82) is 0 Å². The van der Waals surface area contributed by atoms with E-state index in [1.807, 2.05) is 0 Å². The molecule has 2 aromatic rings. The van der Waals surface area contributed by atoms with E-state index in [0.29, 0.717) is 11.1 Å². The maximum absolute atomic E-state index is 12.6. The van der Waals surface area contributed by atoms with E-state index in [1.54, 1.807) is 19.1 Å². The van der Waals surface area contributed by atoms with E-state index in [4.69, 9.17) is 0 Å². The molecular formula is C16H14N2O5. The average molecular weight is 314 g/mol. The number of phenolic OH excluding ortho intramolecular Hbond substituents is 2. The second kappa shape index (κ2) is 5.28. The van der Waals surface area contributed by atoms with E-state index in [1.165, 1.54) is 17.0 Å². The van der Waals surface area contributed by atoms with Gasteiger partial charge in [0, 0.05) is 18.7 Å². The molecule has 1 amide bonds. The van der Waals surface area contributed by atoms with Crippen molar-refractivity contribution in [3.8, 4) is 11.5 Å². The van der Waals surface area contributed by atoms with Crippen LogP contribution in [-0.2, 0) is 13.1 Å². The largest absolute Gasteiger partial charge is 0.508 e. The number of rotatable bonds is 2. The Kier molecular flexibility index (Phi) is 3.40. The first-order valence-electron chi connectivity index (χ1n) is 6.95. The second-order valence-corrected chi connectivity index (χ2v) is 5.49. The minimum atomic E-state index is -0.463. The Morgan fingerprint density at radius 3 is 2.65 bits per heavy atom. The molecule has 1 aliphatic rings. The number of carbonyl (C=O) groups is 1. The second-order valence-electron chi connectivity index (χ2n) is 5.49. The molecule has 1 aliphatic heterocycles. The topological polar surface area (TPSA) is 104 Å². The van der Waals surface area contributed by atoms with E-state index >= 15 is 0 Å². The maximum Gasteiger partial charge on any atom is 0.274 e. The molecule has 2 N–H and O–H groups in total. The van der Waals surface area contributed by atoms with Crippen molar-refractivity contribution in [3.05, 3.63) is 62.7 Å². The lowest BCUT2D eigenvalue weighted by Gasteiger charge is -2.16. The van der Waals surface area contributed by atoms with E-state index in [-0.39, 0.29) is 35.8 Å². The van der Waals surface area contributed by atoms with Crippen molar-refractivity contribution in [3.63, 3.8) is 0 Å². The van der Waals surface area contributed by atoms with Crippen molar-refractivity contribution in [2.24, 2.45) is 0 Å². The number of nitrogens with zero attached hydrogens (tertiary/aromatic N) is 2. The van der Waals surface area contributed by atoms with Gasteiger partial charge in [-0.2, -0.15) is 0 Å². The number of benzene rings is 2. The number of phenols is 2. The van der Waals surface area contributed by atoms with Gasteiger partial charge in [0.2, 0.25) is 0 Å². The van der Waals surface area contributed by atoms with Gasteiger partial charge in [-0.25, -0.2) is 0 Å². The lowest BCUT2D eigenvalue weighted by Crippen LogP contribution is -2.25. The number of aryl methyl sites for hydroxylation is 1. The first-order chi connectivity index (χ1) is 10.9. The fourth-order valence-corrected chi connectivity index (χ4v) is 2.75. The molecule has 0 fully saturated rings. The van der Waals surface area contributed by atoms with E-state index < -0.39 is 10.8 Å². The summed E-state index contributed by atoms with van der Waals surface area (Å²) in [4.78, 5) is 24.6. The standard InChI is InChI=1S/C16H14N2O5/c1-9-5-11(15(20)6-14(9)19)16(21)17-7-10-3-2-4-13(18(22)23)12(10)8-17/h2-6,19-20H,7-8H2,1H3. The van der Waals surface area contributed by atoms with Gasteiger partial charge < -0.3 is 15.1 Å². The highest BCUT2D eigenvalue weighted by molar-refractivity contribution is 5.97. The van der Waals surface area contributed by atoms with Crippen LogP contribution in [0.1, 0.15) is 27.0 Å². The molecule has 2 aromatic carbocycles. The molecule has 1 heterocycles. The van der Waals surface area contributed by atoms with Gasteiger partial charge in [-0.05, 0) is 24.1 Å². The van der Waals surface area contributed by atoms with Gasteiger partial charge in [0.15, 0.2) is 0 Å². The molecule has 23 heavy (non-hydrogen) atoms. The Bertz CT molecular complexity index is 831. The lowest BCUT2D eigenvalue weighted by atomic mass is 10.1. The molecule has 0 bridgehead atoms. The molecule has 0 saturated heterocycles. The molecular weight excluding hydrogens is 300 g/mol. The van der Waals surface area contributed by atoms with Gasteiger partial charge in [-0.3, -0.25) is 14.9 Å².